The molecule has 0 bridgehead atoms. The zero-order valence-corrected chi connectivity index (χ0v) is 8.76. The maximum absolute atomic E-state index is 10.7. The molecule has 82 valence electrons. The largest absolute Gasteiger partial charge is 0.477 e. The van der Waals surface area contributed by atoms with E-state index in [0.717, 1.165) is 0 Å². The highest BCUT2D eigenvalue weighted by Gasteiger charge is 2.09. The van der Waals surface area contributed by atoms with Gasteiger partial charge in [0.15, 0.2) is 5.69 Å². The van der Waals surface area contributed by atoms with E-state index in [0.29, 0.717) is 18.9 Å². The van der Waals surface area contributed by atoms with Gasteiger partial charge in [0.05, 0.1) is 6.54 Å². The first-order valence-corrected chi connectivity index (χ1v) is 4.68. The molecule has 0 amide bonds. The summed E-state index contributed by atoms with van der Waals surface area (Å²) in [6, 6.07) is 4.79. The van der Waals surface area contributed by atoms with E-state index in [1.54, 1.807) is 23.1 Å². The van der Waals surface area contributed by atoms with Crippen molar-refractivity contribution in [3.05, 3.63) is 36.5 Å². The molecule has 0 aliphatic carbocycles. The van der Waals surface area contributed by atoms with Gasteiger partial charge in [-0.15, -0.1) is 13.0 Å². The van der Waals surface area contributed by atoms with Gasteiger partial charge >= 0.3 is 5.97 Å². The summed E-state index contributed by atoms with van der Waals surface area (Å²) in [6.07, 6.45) is 6.91. The van der Waals surface area contributed by atoms with Crippen molar-refractivity contribution in [3.63, 3.8) is 0 Å². The summed E-state index contributed by atoms with van der Waals surface area (Å²) in [5.74, 6) is 1.98. The number of aromatic carboxylic acids is 1. The third kappa shape index (κ3) is 2.85. The van der Waals surface area contributed by atoms with Crippen molar-refractivity contribution in [1.82, 2.24) is 4.98 Å². The zero-order valence-electron chi connectivity index (χ0n) is 8.76. The van der Waals surface area contributed by atoms with Crippen LogP contribution in [-0.2, 0) is 0 Å². The maximum atomic E-state index is 10.7. The summed E-state index contributed by atoms with van der Waals surface area (Å²) in [4.78, 5) is 16.5. The molecular formula is C12H12N2O2. The van der Waals surface area contributed by atoms with Crippen LogP contribution in [0.5, 0.6) is 0 Å². The van der Waals surface area contributed by atoms with Crippen LogP contribution in [0, 0.1) is 12.3 Å². The lowest BCUT2D eigenvalue weighted by atomic mass is 10.3. The van der Waals surface area contributed by atoms with Crippen LogP contribution >= 0.6 is 0 Å². The van der Waals surface area contributed by atoms with E-state index >= 15 is 0 Å². The first kappa shape index (κ1) is 11.8. The number of carboxylic acid groups (broad SMARTS) is 1. The molecule has 0 aromatic carbocycles. The molecule has 0 fully saturated rings. The Bertz CT molecular complexity index is 435. The number of nitrogens with zero attached hydrogens (tertiary/aromatic N) is 2. The average Bonchev–Trinajstić information content (AvgIpc) is 2.29. The number of hydrogen-bond acceptors (Lipinski definition) is 3. The monoisotopic (exact) mass is 216 g/mol. The molecule has 1 aromatic heterocycles. The highest BCUT2D eigenvalue weighted by atomic mass is 16.4. The van der Waals surface area contributed by atoms with Gasteiger partial charge in [-0.2, -0.15) is 0 Å². The Morgan fingerprint density at radius 2 is 2.44 bits per heavy atom. The lowest BCUT2D eigenvalue weighted by Gasteiger charge is -2.19. The van der Waals surface area contributed by atoms with Gasteiger partial charge in [-0.25, -0.2) is 9.78 Å². The quantitative estimate of drug-likeness (QED) is 0.597. The van der Waals surface area contributed by atoms with E-state index < -0.39 is 5.97 Å². The second kappa shape index (κ2) is 5.56. The van der Waals surface area contributed by atoms with Gasteiger partial charge in [0.25, 0.3) is 0 Å². The average molecular weight is 216 g/mol. The smallest absolute Gasteiger partial charge is 0.354 e. The number of terminal acetylenes is 1. The molecule has 1 rings (SSSR count). The molecular weight excluding hydrogens is 204 g/mol. The normalized spacial score (nSPS) is 9.19. The summed E-state index contributed by atoms with van der Waals surface area (Å²) >= 11 is 0. The summed E-state index contributed by atoms with van der Waals surface area (Å²) in [7, 11) is 0. The van der Waals surface area contributed by atoms with Crippen molar-refractivity contribution in [2.75, 3.05) is 18.0 Å². The Hall–Kier alpha value is -2.28. The zero-order chi connectivity index (χ0) is 12.0. The fraction of sp³-hybridized carbons (Fsp3) is 0.167. The van der Waals surface area contributed by atoms with Crippen LogP contribution in [0.3, 0.4) is 0 Å². The van der Waals surface area contributed by atoms with Crippen LogP contribution in [0.1, 0.15) is 10.5 Å². The number of carboxylic acids is 1. The first-order chi connectivity index (χ1) is 7.69. The lowest BCUT2D eigenvalue weighted by Crippen LogP contribution is -2.25. The van der Waals surface area contributed by atoms with E-state index in [4.69, 9.17) is 11.5 Å². The number of rotatable bonds is 5. The van der Waals surface area contributed by atoms with Crippen molar-refractivity contribution in [2.24, 2.45) is 0 Å². The topological polar surface area (TPSA) is 53.4 Å². The Morgan fingerprint density at radius 1 is 1.69 bits per heavy atom. The predicted molar refractivity (Wildman–Crippen MR) is 62.4 cm³/mol. The molecule has 0 spiro atoms. The fourth-order valence-electron chi connectivity index (χ4n) is 1.22. The Labute approximate surface area is 94.2 Å². The van der Waals surface area contributed by atoms with Gasteiger partial charge in [0, 0.05) is 6.54 Å². The van der Waals surface area contributed by atoms with Crippen LogP contribution in [0.2, 0.25) is 0 Å². The number of anilines is 1. The third-order valence-electron chi connectivity index (χ3n) is 1.91. The van der Waals surface area contributed by atoms with Crippen LogP contribution in [0.15, 0.2) is 30.9 Å². The first-order valence-electron chi connectivity index (χ1n) is 4.68. The second-order valence-corrected chi connectivity index (χ2v) is 3.06. The molecule has 0 saturated heterocycles. The molecule has 0 aliphatic rings. The summed E-state index contributed by atoms with van der Waals surface area (Å²) in [5.41, 5.74) is 0.00332. The van der Waals surface area contributed by atoms with Crippen LogP contribution in [-0.4, -0.2) is 29.1 Å². The van der Waals surface area contributed by atoms with Crippen LogP contribution in [0.4, 0.5) is 5.82 Å². The highest BCUT2D eigenvalue weighted by molar-refractivity contribution is 5.85. The SMILES string of the molecule is C#CCN(CC=C)c1cccc(C(=O)O)n1. The third-order valence-corrected chi connectivity index (χ3v) is 1.91. The van der Waals surface area contributed by atoms with Crippen molar-refractivity contribution in [3.8, 4) is 12.3 Å². The van der Waals surface area contributed by atoms with Gasteiger partial charge in [-0.3, -0.25) is 0 Å². The van der Waals surface area contributed by atoms with E-state index in [9.17, 15) is 4.79 Å². The van der Waals surface area contributed by atoms with Crippen LogP contribution < -0.4 is 4.90 Å². The molecule has 1 heterocycles. The van der Waals surface area contributed by atoms with Crippen molar-refractivity contribution in [2.45, 2.75) is 0 Å². The standard InChI is InChI=1S/C12H12N2O2/c1-3-8-14(9-4-2)11-7-5-6-10(13-11)12(15)16/h1,4-7H,2,8-9H2,(H,15,16). The number of aromatic nitrogens is 1. The van der Waals surface area contributed by atoms with E-state index in [-0.39, 0.29) is 5.69 Å². The van der Waals surface area contributed by atoms with E-state index in [1.165, 1.54) is 6.07 Å². The van der Waals surface area contributed by atoms with Gasteiger partial charge < -0.3 is 10.0 Å². The van der Waals surface area contributed by atoms with E-state index in [1.807, 2.05) is 0 Å². The Kier molecular flexibility index (Phi) is 4.10. The lowest BCUT2D eigenvalue weighted by molar-refractivity contribution is 0.0690. The molecule has 16 heavy (non-hydrogen) atoms. The van der Waals surface area contributed by atoms with Crippen molar-refractivity contribution in [1.29, 1.82) is 0 Å². The van der Waals surface area contributed by atoms with Gasteiger partial charge in [-0.05, 0) is 12.1 Å². The minimum Gasteiger partial charge on any atom is -0.477 e. The van der Waals surface area contributed by atoms with E-state index in [2.05, 4.69) is 17.5 Å². The molecule has 1 aromatic rings. The highest BCUT2D eigenvalue weighted by Crippen LogP contribution is 2.11. The van der Waals surface area contributed by atoms with Crippen molar-refractivity contribution >= 4 is 11.8 Å². The van der Waals surface area contributed by atoms with Crippen LogP contribution in [0.25, 0.3) is 0 Å². The Morgan fingerprint density at radius 3 is 3.00 bits per heavy atom. The number of pyridine rings is 1. The molecule has 0 atom stereocenters. The molecule has 4 heteroatoms. The second-order valence-electron chi connectivity index (χ2n) is 3.06. The summed E-state index contributed by atoms with van der Waals surface area (Å²) in [6.45, 7) is 4.50. The van der Waals surface area contributed by atoms with Gasteiger partial charge in [0.2, 0.25) is 0 Å². The predicted octanol–water partition coefficient (Wildman–Crippen LogP) is 1.41. The van der Waals surface area contributed by atoms with Gasteiger partial charge in [0.1, 0.15) is 5.82 Å². The van der Waals surface area contributed by atoms with Crippen molar-refractivity contribution < 1.29 is 9.90 Å². The number of hydrogen-bond donors (Lipinski definition) is 1. The summed E-state index contributed by atoms with van der Waals surface area (Å²) in [5, 5.41) is 8.81. The molecule has 0 unspecified atom stereocenters. The molecule has 0 radical (unpaired) electrons. The minimum atomic E-state index is -1.05. The molecule has 4 nitrogen and oxygen atoms in total. The molecule has 0 saturated carbocycles. The Balaban J connectivity index is 3.00. The molecule has 0 aliphatic heterocycles. The van der Waals surface area contributed by atoms with Gasteiger partial charge in [-0.1, -0.05) is 18.1 Å². The number of carbonyl (C=O) groups is 1. The molecule has 1 N–H and O–H groups in total. The summed E-state index contributed by atoms with van der Waals surface area (Å²) < 4.78 is 0. The minimum absolute atomic E-state index is 0.00332. The maximum Gasteiger partial charge on any atom is 0.354 e. The fourth-order valence-corrected chi connectivity index (χ4v) is 1.22.